The number of carbonyl (C=O) groups is 3. The van der Waals surface area contributed by atoms with Gasteiger partial charge in [0.2, 0.25) is 17.7 Å². The molecule has 0 aliphatic heterocycles. The molecule has 0 heterocycles. The molecule has 30 heavy (non-hydrogen) atoms. The van der Waals surface area contributed by atoms with Gasteiger partial charge in [0.1, 0.15) is 6.04 Å². The average Bonchev–Trinajstić information content (AvgIpc) is 2.74. The fourth-order valence-electron chi connectivity index (χ4n) is 3.06. The second-order valence-electron chi connectivity index (χ2n) is 6.85. The summed E-state index contributed by atoms with van der Waals surface area (Å²) < 4.78 is 0.749. The van der Waals surface area contributed by atoms with E-state index in [9.17, 15) is 14.4 Å². The molecule has 7 heteroatoms. The van der Waals surface area contributed by atoms with E-state index < -0.39 is 11.9 Å². The van der Waals surface area contributed by atoms with Crippen molar-refractivity contribution in [2.24, 2.45) is 0 Å². The molecule has 0 saturated carbocycles. The van der Waals surface area contributed by atoms with Gasteiger partial charge in [-0.05, 0) is 51.3 Å². The monoisotopic (exact) mass is 467 g/mol. The standard InChI is InChI=1S/C23H22BrN3O3/c1-15(23(30)25-14-22(29)27-20-12-5-4-11-19(20)24)26-21(28)13-17-9-6-8-16-7-2-3-10-18(16)17/h2-12,15H,13-14H2,1H3,(H,25,30)(H,26,28)(H,27,29)/t15-/m0/s1. The molecule has 0 aliphatic carbocycles. The third-order valence-electron chi connectivity index (χ3n) is 4.57. The van der Waals surface area contributed by atoms with Crippen molar-refractivity contribution in [1.82, 2.24) is 10.6 Å². The Labute approximate surface area is 183 Å². The van der Waals surface area contributed by atoms with Gasteiger partial charge in [-0.2, -0.15) is 0 Å². The fraction of sp³-hybridized carbons (Fsp3) is 0.174. The summed E-state index contributed by atoms with van der Waals surface area (Å²) in [4.78, 5) is 36.7. The number of hydrogen-bond acceptors (Lipinski definition) is 3. The van der Waals surface area contributed by atoms with Crippen LogP contribution in [0.2, 0.25) is 0 Å². The Morgan fingerprint density at radius 3 is 2.40 bits per heavy atom. The molecule has 3 aromatic rings. The van der Waals surface area contributed by atoms with Crippen LogP contribution in [0.5, 0.6) is 0 Å². The molecule has 154 valence electrons. The molecule has 3 rings (SSSR count). The van der Waals surface area contributed by atoms with Gasteiger partial charge in [0, 0.05) is 4.47 Å². The van der Waals surface area contributed by atoms with Crippen LogP contribution in [0.25, 0.3) is 10.8 Å². The van der Waals surface area contributed by atoms with Crippen LogP contribution in [0, 0.1) is 0 Å². The molecule has 1 atom stereocenters. The summed E-state index contributed by atoms with van der Waals surface area (Å²) in [5, 5.41) is 10.0. The van der Waals surface area contributed by atoms with Crippen molar-refractivity contribution in [3.63, 3.8) is 0 Å². The number of amides is 3. The molecule has 6 nitrogen and oxygen atoms in total. The Hall–Kier alpha value is -3.19. The summed E-state index contributed by atoms with van der Waals surface area (Å²) >= 11 is 3.35. The van der Waals surface area contributed by atoms with Gasteiger partial charge in [0.25, 0.3) is 0 Å². The molecule has 0 spiro atoms. The van der Waals surface area contributed by atoms with Gasteiger partial charge >= 0.3 is 0 Å². The van der Waals surface area contributed by atoms with E-state index in [0.29, 0.717) is 5.69 Å². The lowest BCUT2D eigenvalue weighted by Gasteiger charge is -2.15. The largest absolute Gasteiger partial charge is 0.345 e. The smallest absolute Gasteiger partial charge is 0.243 e. The Morgan fingerprint density at radius 2 is 1.60 bits per heavy atom. The number of anilines is 1. The van der Waals surface area contributed by atoms with Gasteiger partial charge < -0.3 is 16.0 Å². The number of fused-ring (bicyclic) bond motifs is 1. The lowest BCUT2D eigenvalue weighted by Crippen LogP contribution is -2.47. The van der Waals surface area contributed by atoms with Crippen molar-refractivity contribution in [2.45, 2.75) is 19.4 Å². The Kier molecular flexibility index (Phi) is 7.19. The van der Waals surface area contributed by atoms with Crippen LogP contribution in [0.1, 0.15) is 12.5 Å². The molecule has 3 aromatic carbocycles. The highest BCUT2D eigenvalue weighted by molar-refractivity contribution is 9.10. The van der Waals surface area contributed by atoms with Crippen LogP contribution < -0.4 is 16.0 Å². The third-order valence-corrected chi connectivity index (χ3v) is 5.26. The van der Waals surface area contributed by atoms with E-state index in [0.717, 1.165) is 20.8 Å². The van der Waals surface area contributed by atoms with Crippen molar-refractivity contribution < 1.29 is 14.4 Å². The number of nitrogens with one attached hydrogen (secondary N) is 3. The van der Waals surface area contributed by atoms with E-state index >= 15 is 0 Å². The van der Waals surface area contributed by atoms with Gasteiger partial charge in [-0.1, -0.05) is 54.6 Å². The fourth-order valence-corrected chi connectivity index (χ4v) is 3.44. The van der Waals surface area contributed by atoms with Crippen LogP contribution in [0.15, 0.2) is 71.2 Å². The van der Waals surface area contributed by atoms with Crippen molar-refractivity contribution in [1.29, 1.82) is 0 Å². The van der Waals surface area contributed by atoms with Crippen molar-refractivity contribution >= 4 is 50.1 Å². The number of carbonyl (C=O) groups excluding carboxylic acids is 3. The van der Waals surface area contributed by atoms with Crippen LogP contribution in [-0.2, 0) is 20.8 Å². The first-order valence-electron chi connectivity index (χ1n) is 9.52. The summed E-state index contributed by atoms with van der Waals surface area (Å²) in [5.41, 5.74) is 1.51. The summed E-state index contributed by atoms with van der Waals surface area (Å²) in [6.07, 6.45) is 0.168. The summed E-state index contributed by atoms with van der Waals surface area (Å²) in [5.74, 6) is -1.04. The average molecular weight is 468 g/mol. The lowest BCUT2D eigenvalue weighted by atomic mass is 10.0. The van der Waals surface area contributed by atoms with E-state index in [1.54, 1.807) is 19.1 Å². The van der Waals surface area contributed by atoms with E-state index in [1.807, 2.05) is 54.6 Å². The minimum Gasteiger partial charge on any atom is -0.345 e. The van der Waals surface area contributed by atoms with Crippen LogP contribution in [0.3, 0.4) is 0 Å². The highest BCUT2D eigenvalue weighted by Crippen LogP contribution is 2.21. The summed E-state index contributed by atoms with van der Waals surface area (Å²) in [6.45, 7) is 1.39. The number of halogens is 1. The number of benzene rings is 3. The predicted molar refractivity (Wildman–Crippen MR) is 121 cm³/mol. The third kappa shape index (κ3) is 5.67. The quantitative estimate of drug-likeness (QED) is 0.497. The number of rotatable bonds is 7. The molecule has 0 radical (unpaired) electrons. The van der Waals surface area contributed by atoms with Crippen LogP contribution in [0.4, 0.5) is 5.69 Å². The molecular formula is C23H22BrN3O3. The maximum atomic E-state index is 12.4. The maximum absolute atomic E-state index is 12.4. The lowest BCUT2D eigenvalue weighted by molar-refractivity contribution is -0.129. The first kappa shape index (κ1) is 21.5. The highest BCUT2D eigenvalue weighted by Gasteiger charge is 2.17. The highest BCUT2D eigenvalue weighted by atomic mass is 79.9. The van der Waals surface area contributed by atoms with E-state index in [-0.39, 0.29) is 24.8 Å². The SMILES string of the molecule is C[C@H](NC(=O)Cc1cccc2ccccc12)C(=O)NCC(=O)Nc1ccccc1Br. The Balaban J connectivity index is 1.49. The Bertz CT molecular complexity index is 1080. The topological polar surface area (TPSA) is 87.3 Å². The predicted octanol–water partition coefficient (Wildman–Crippen LogP) is 3.40. The molecule has 0 fully saturated rings. The van der Waals surface area contributed by atoms with E-state index in [2.05, 4.69) is 31.9 Å². The minimum absolute atomic E-state index is 0.168. The van der Waals surface area contributed by atoms with Gasteiger partial charge in [-0.3, -0.25) is 14.4 Å². The van der Waals surface area contributed by atoms with Gasteiger partial charge in [-0.25, -0.2) is 0 Å². The summed E-state index contributed by atoms with van der Waals surface area (Å²) in [6, 6.07) is 20.1. The van der Waals surface area contributed by atoms with Crippen molar-refractivity contribution in [3.8, 4) is 0 Å². The normalized spacial score (nSPS) is 11.5. The minimum atomic E-state index is -0.760. The van der Waals surface area contributed by atoms with Crippen molar-refractivity contribution in [2.75, 3.05) is 11.9 Å². The maximum Gasteiger partial charge on any atom is 0.243 e. The first-order valence-corrected chi connectivity index (χ1v) is 10.3. The molecule has 0 aromatic heterocycles. The zero-order valence-corrected chi connectivity index (χ0v) is 18.0. The molecule has 0 unspecified atom stereocenters. The zero-order chi connectivity index (χ0) is 21.5. The summed E-state index contributed by atoms with van der Waals surface area (Å²) in [7, 11) is 0. The first-order chi connectivity index (χ1) is 14.4. The number of hydrogen-bond donors (Lipinski definition) is 3. The second kappa shape index (κ2) is 10.0. The zero-order valence-electron chi connectivity index (χ0n) is 16.4. The van der Waals surface area contributed by atoms with Crippen LogP contribution in [-0.4, -0.2) is 30.3 Å². The molecule has 3 N–H and O–H groups in total. The molecular weight excluding hydrogens is 446 g/mol. The van der Waals surface area contributed by atoms with Crippen LogP contribution >= 0.6 is 15.9 Å². The van der Waals surface area contributed by atoms with Gasteiger partial charge in [-0.15, -0.1) is 0 Å². The Morgan fingerprint density at radius 1 is 0.900 bits per heavy atom. The molecule has 0 aliphatic rings. The molecule has 3 amide bonds. The van der Waals surface area contributed by atoms with Crippen molar-refractivity contribution in [3.05, 3.63) is 76.8 Å². The van der Waals surface area contributed by atoms with Gasteiger partial charge in [0.05, 0.1) is 18.7 Å². The van der Waals surface area contributed by atoms with E-state index in [4.69, 9.17) is 0 Å². The number of para-hydroxylation sites is 1. The van der Waals surface area contributed by atoms with E-state index in [1.165, 1.54) is 0 Å². The second-order valence-corrected chi connectivity index (χ2v) is 7.70. The molecule has 0 saturated heterocycles. The molecule has 0 bridgehead atoms. The van der Waals surface area contributed by atoms with Gasteiger partial charge in [0.15, 0.2) is 0 Å².